The third-order valence-electron chi connectivity index (χ3n) is 2.95. The van der Waals surface area contributed by atoms with Gasteiger partial charge in [-0.3, -0.25) is 0 Å². The normalized spacial score (nSPS) is 10.6. The monoisotopic (exact) mass is 280 g/mol. The average molecular weight is 280 g/mol. The summed E-state index contributed by atoms with van der Waals surface area (Å²) < 4.78 is 5.40. The second-order valence-corrected chi connectivity index (χ2v) is 4.82. The van der Waals surface area contributed by atoms with E-state index in [4.69, 9.17) is 4.74 Å². The van der Waals surface area contributed by atoms with Crippen LogP contribution in [0.2, 0.25) is 0 Å². The Kier molecular flexibility index (Phi) is 7.95. The lowest BCUT2D eigenvalue weighted by Crippen LogP contribution is -2.24. The smallest absolute Gasteiger partial charge is 0.134 e. The van der Waals surface area contributed by atoms with Crippen LogP contribution in [-0.2, 0) is 11.2 Å². The second kappa shape index (κ2) is 9.53. The number of hydrogen-bond acceptors (Lipinski definition) is 5. The van der Waals surface area contributed by atoms with Gasteiger partial charge in [0.2, 0.25) is 0 Å². The van der Waals surface area contributed by atoms with Crippen LogP contribution in [0.4, 0.5) is 11.6 Å². The van der Waals surface area contributed by atoms with Crippen LogP contribution >= 0.6 is 0 Å². The predicted octanol–water partition coefficient (Wildman–Crippen LogP) is 2.72. The number of nitrogens with zero attached hydrogens (tertiary/aromatic N) is 3. The molecule has 1 heterocycles. The molecular weight excluding hydrogens is 252 g/mol. The fraction of sp³-hybridized carbons (Fsp3) is 0.733. The summed E-state index contributed by atoms with van der Waals surface area (Å²) in [5.74, 6) is 2.79. The Morgan fingerprint density at radius 1 is 1.20 bits per heavy atom. The van der Waals surface area contributed by atoms with Crippen LogP contribution in [-0.4, -0.2) is 43.3 Å². The topological polar surface area (TPSA) is 50.3 Å². The predicted molar refractivity (Wildman–Crippen MR) is 84.6 cm³/mol. The molecule has 1 N–H and O–H groups in total. The maximum Gasteiger partial charge on any atom is 0.134 e. The number of hydrogen-bond donors (Lipinski definition) is 1. The molecule has 0 saturated carbocycles. The zero-order chi connectivity index (χ0) is 14.8. The maximum atomic E-state index is 5.40. The average Bonchev–Trinajstić information content (AvgIpc) is 2.45. The summed E-state index contributed by atoms with van der Waals surface area (Å²) in [6.45, 7) is 9.55. The van der Waals surface area contributed by atoms with Crippen LogP contribution < -0.4 is 10.2 Å². The first kappa shape index (κ1) is 16.7. The Morgan fingerprint density at radius 3 is 2.65 bits per heavy atom. The van der Waals surface area contributed by atoms with E-state index in [1.807, 2.05) is 20.0 Å². The summed E-state index contributed by atoms with van der Waals surface area (Å²) in [7, 11) is 2.04. The molecule has 1 rings (SSSR count). The van der Waals surface area contributed by atoms with Gasteiger partial charge in [-0.05, 0) is 19.8 Å². The van der Waals surface area contributed by atoms with Crippen LogP contribution in [0.3, 0.4) is 0 Å². The van der Waals surface area contributed by atoms with E-state index in [1.54, 1.807) is 0 Å². The second-order valence-electron chi connectivity index (χ2n) is 4.82. The molecule has 0 fully saturated rings. The molecule has 0 aliphatic carbocycles. The number of rotatable bonds is 10. The van der Waals surface area contributed by atoms with Crippen LogP contribution in [0.25, 0.3) is 0 Å². The zero-order valence-corrected chi connectivity index (χ0v) is 13.3. The molecule has 0 bridgehead atoms. The van der Waals surface area contributed by atoms with Gasteiger partial charge in [-0.2, -0.15) is 0 Å². The molecule has 0 aliphatic rings. The SMILES string of the molecule is CCCNc1cc(N(C)CCOCC)nc(CCC)n1. The molecule has 1 aromatic heterocycles. The van der Waals surface area contributed by atoms with Gasteiger partial charge < -0.3 is 15.0 Å². The Bertz CT molecular complexity index is 384. The Balaban J connectivity index is 2.78. The van der Waals surface area contributed by atoms with Crippen LogP contribution in [0, 0.1) is 0 Å². The first-order valence-corrected chi connectivity index (χ1v) is 7.61. The van der Waals surface area contributed by atoms with E-state index in [0.29, 0.717) is 0 Å². The Hall–Kier alpha value is -1.36. The van der Waals surface area contributed by atoms with Gasteiger partial charge >= 0.3 is 0 Å². The number of anilines is 2. The molecule has 0 aromatic carbocycles. The highest BCUT2D eigenvalue weighted by Crippen LogP contribution is 2.15. The Labute approximate surface area is 122 Å². The van der Waals surface area contributed by atoms with Gasteiger partial charge in [0.05, 0.1) is 6.61 Å². The lowest BCUT2D eigenvalue weighted by Gasteiger charge is -2.19. The first-order chi connectivity index (χ1) is 9.71. The summed E-state index contributed by atoms with van der Waals surface area (Å²) in [6, 6.07) is 2.01. The summed E-state index contributed by atoms with van der Waals surface area (Å²) in [4.78, 5) is 11.3. The van der Waals surface area contributed by atoms with E-state index in [9.17, 15) is 0 Å². The lowest BCUT2D eigenvalue weighted by molar-refractivity contribution is 0.154. The fourth-order valence-corrected chi connectivity index (χ4v) is 1.82. The van der Waals surface area contributed by atoms with Gasteiger partial charge in [0.1, 0.15) is 17.5 Å². The Morgan fingerprint density at radius 2 is 2.00 bits per heavy atom. The van der Waals surface area contributed by atoms with Crippen molar-refractivity contribution in [2.75, 3.05) is 43.6 Å². The number of aromatic nitrogens is 2. The van der Waals surface area contributed by atoms with Gasteiger partial charge in [-0.25, -0.2) is 9.97 Å². The van der Waals surface area contributed by atoms with Crippen LogP contribution in [0.1, 0.15) is 39.4 Å². The highest BCUT2D eigenvalue weighted by molar-refractivity contribution is 5.49. The molecule has 114 valence electrons. The van der Waals surface area contributed by atoms with Crippen molar-refractivity contribution in [3.63, 3.8) is 0 Å². The molecule has 0 amide bonds. The first-order valence-electron chi connectivity index (χ1n) is 7.61. The van der Waals surface area contributed by atoms with Crippen molar-refractivity contribution in [2.24, 2.45) is 0 Å². The minimum absolute atomic E-state index is 0.720. The molecule has 5 heteroatoms. The van der Waals surface area contributed by atoms with Crippen LogP contribution in [0.5, 0.6) is 0 Å². The van der Waals surface area contributed by atoms with Crippen LogP contribution in [0.15, 0.2) is 6.07 Å². The molecular formula is C15H28N4O. The molecule has 0 atom stereocenters. The molecule has 0 radical (unpaired) electrons. The third-order valence-corrected chi connectivity index (χ3v) is 2.95. The van der Waals surface area contributed by atoms with Crippen molar-refractivity contribution in [1.82, 2.24) is 9.97 Å². The zero-order valence-electron chi connectivity index (χ0n) is 13.3. The highest BCUT2D eigenvalue weighted by Gasteiger charge is 2.08. The van der Waals surface area contributed by atoms with Gasteiger partial charge in [0, 0.05) is 39.2 Å². The number of likely N-dealkylation sites (N-methyl/N-ethyl adjacent to an activating group) is 1. The van der Waals surface area contributed by atoms with E-state index in [0.717, 1.165) is 63.0 Å². The van der Waals surface area contributed by atoms with Crippen molar-refractivity contribution < 1.29 is 4.74 Å². The molecule has 5 nitrogen and oxygen atoms in total. The van der Waals surface area contributed by atoms with Gasteiger partial charge in [0.15, 0.2) is 0 Å². The number of aryl methyl sites for hydroxylation is 1. The van der Waals surface area contributed by atoms with Gasteiger partial charge in [-0.1, -0.05) is 13.8 Å². The highest BCUT2D eigenvalue weighted by atomic mass is 16.5. The quantitative estimate of drug-likeness (QED) is 0.668. The molecule has 0 aliphatic heterocycles. The largest absolute Gasteiger partial charge is 0.380 e. The fourth-order valence-electron chi connectivity index (χ4n) is 1.82. The molecule has 0 unspecified atom stereocenters. The van der Waals surface area contributed by atoms with Crippen molar-refractivity contribution in [3.05, 3.63) is 11.9 Å². The minimum Gasteiger partial charge on any atom is -0.380 e. The number of nitrogens with one attached hydrogen (secondary N) is 1. The van der Waals surface area contributed by atoms with Crippen molar-refractivity contribution in [2.45, 2.75) is 40.0 Å². The van der Waals surface area contributed by atoms with Crippen molar-refractivity contribution in [3.8, 4) is 0 Å². The summed E-state index contributed by atoms with van der Waals surface area (Å²) >= 11 is 0. The summed E-state index contributed by atoms with van der Waals surface area (Å²) in [5.41, 5.74) is 0. The van der Waals surface area contributed by atoms with Crippen molar-refractivity contribution in [1.29, 1.82) is 0 Å². The van der Waals surface area contributed by atoms with Gasteiger partial charge in [0.25, 0.3) is 0 Å². The van der Waals surface area contributed by atoms with E-state index >= 15 is 0 Å². The molecule has 0 spiro atoms. The minimum atomic E-state index is 0.720. The van der Waals surface area contributed by atoms with E-state index in [2.05, 4.69) is 34.0 Å². The summed E-state index contributed by atoms with van der Waals surface area (Å²) in [5, 5.41) is 3.35. The molecule has 1 aromatic rings. The maximum absolute atomic E-state index is 5.40. The molecule has 20 heavy (non-hydrogen) atoms. The van der Waals surface area contributed by atoms with E-state index < -0.39 is 0 Å². The summed E-state index contributed by atoms with van der Waals surface area (Å²) in [6.07, 6.45) is 3.05. The van der Waals surface area contributed by atoms with E-state index in [1.165, 1.54) is 0 Å². The van der Waals surface area contributed by atoms with Crippen molar-refractivity contribution >= 4 is 11.6 Å². The third kappa shape index (κ3) is 5.74. The number of ether oxygens (including phenoxy) is 1. The van der Waals surface area contributed by atoms with E-state index in [-0.39, 0.29) is 0 Å². The molecule has 0 saturated heterocycles. The lowest BCUT2D eigenvalue weighted by atomic mass is 10.3. The van der Waals surface area contributed by atoms with Gasteiger partial charge in [-0.15, -0.1) is 0 Å². The standard InChI is InChI=1S/C15H28N4O/c1-5-8-13-17-14(16-9-6-2)12-15(18-13)19(4)10-11-20-7-3/h12H,5-11H2,1-4H3,(H,16,17,18).